The molecule has 21 heavy (non-hydrogen) atoms. The maximum absolute atomic E-state index is 12.0. The number of hydrogen-bond acceptors (Lipinski definition) is 7. The standard InChI is InChI=1S/C11H19N5O4S/c1-7-5-15(4-3-13-7)11-9(21(2,19)20)10(12)16(14-11)6-8(17)18/h7,13H,3-6,12H2,1-2H3,(H,17,18)/t7-/m0/s1. The lowest BCUT2D eigenvalue weighted by Gasteiger charge is -2.32. The van der Waals surface area contributed by atoms with Crippen molar-refractivity contribution in [1.29, 1.82) is 0 Å². The number of anilines is 2. The molecule has 1 aromatic heterocycles. The number of carbonyl (C=O) groups is 1. The maximum atomic E-state index is 12.0. The first-order chi connectivity index (χ1) is 9.70. The third-order valence-electron chi connectivity index (χ3n) is 3.25. The van der Waals surface area contributed by atoms with Gasteiger partial charge in [-0.25, -0.2) is 13.1 Å². The number of nitrogen functional groups attached to an aromatic ring is 1. The van der Waals surface area contributed by atoms with E-state index in [0.717, 1.165) is 10.9 Å². The van der Waals surface area contributed by atoms with Gasteiger partial charge >= 0.3 is 5.97 Å². The molecular formula is C11H19N5O4S. The predicted octanol–water partition coefficient (Wildman–Crippen LogP) is -1.25. The highest BCUT2D eigenvalue weighted by Gasteiger charge is 2.30. The Morgan fingerprint density at radius 2 is 2.24 bits per heavy atom. The molecule has 0 saturated carbocycles. The van der Waals surface area contributed by atoms with Crippen LogP contribution in [-0.2, 0) is 21.2 Å². The number of rotatable bonds is 4. The van der Waals surface area contributed by atoms with E-state index in [0.29, 0.717) is 19.6 Å². The maximum Gasteiger partial charge on any atom is 0.325 e. The van der Waals surface area contributed by atoms with Crippen molar-refractivity contribution in [3.63, 3.8) is 0 Å². The number of nitrogens with zero attached hydrogens (tertiary/aromatic N) is 3. The smallest absolute Gasteiger partial charge is 0.325 e. The number of nitrogens with two attached hydrogens (primary N) is 1. The van der Waals surface area contributed by atoms with Crippen molar-refractivity contribution in [3.8, 4) is 0 Å². The average Bonchev–Trinajstić information content (AvgIpc) is 2.66. The minimum Gasteiger partial charge on any atom is -0.480 e. The lowest BCUT2D eigenvalue weighted by atomic mass is 10.2. The van der Waals surface area contributed by atoms with Crippen LogP contribution in [0.1, 0.15) is 6.92 Å². The molecule has 0 aliphatic carbocycles. The van der Waals surface area contributed by atoms with E-state index >= 15 is 0 Å². The Morgan fingerprint density at radius 1 is 1.57 bits per heavy atom. The molecule has 118 valence electrons. The van der Waals surface area contributed by atoms with Gasteiger partial charge in [-0.05, 0) is 6.92 Å². The highest BCUT2D eigenvalue weighted by Crippen LogP contribution is 2.30. The van der Waals surface area contributed by atoms with Gasteiger partial charge in [0.15, 0.2) is 20.6 Å². The van der Waals surface area contributed by atoms with Gasteiger partial charge in [0.1, 0.15) is 12.4 Å². The lowest BCUT2D eigenvalue weighted by molar-refractivity contribution is -0.137. The third-order valence-corrected chi connectivity index (χ3v) is 4.39. The lowest BCUT2D eigenvalue weighted by Crippen LogP contribution is -2.49. The van der Waals surface area contributed by atoms with Gasteiger partial charge in [-0.15, -0.1) is 0 Å². The van der Waals surface area contributed by atoms with Gasteiger partial charge in [-0.1, -0.05) is 0 Å². The van der Waals surface area contributed by atoms with Crippen LogP contribution in [0.2, 0.25) is 0 Å². The monoisotopic (exact) mass is 317 g/mol. The Kier molecular flexibility index (Phi) is 4.10. The Morgan fingerprint density at radius 3 is 2.76 bits per heavy atom. The van der Waals surface area contributed by atoms with Crippen molar-refractivity contribution in [2.75, 3.05) is 36.5 Å². The van der Waals surface area contributed by atoms with Crippen LogP contribution >= 0.6 is 0 Å². The van der Waals surface area contributed by atoms with Crippen molar-refractivity contribution < 1.29 is 18.3 Å². The summed E-state index contributed by atoms with van der Waals surface area (Å²) in [6.07, 6.45) is 1.04. The van der Waals surface area contributed by atoms with Crippen molar-refractivity contribution in [3.05, 3.63) is 0 Å². The van der Waals surface area contributed by atoms with Crippen LogP contribution in [-0.4, -0.2) is 61.2 Å². The molecule has 0 radical (unpaired) electrons. The van der Waals surface area contributed by atoms with E-state index in [1.54, 1.807) is 0 Å². The number of hydrogen-bond donors (Lipinski definition) is 3. The molecule has 10 heteroatoms. The van der Waals surface area contributed by atoms with E-state index in [-0.39, 0.29) is 22.6 Å². The molecule has 2 heterocycles. The summed E-state index contributed by atoms with van der Waals surface area (Å²) in [5.74, 6) is -1.05. The zero-order valence-electron chi connectivity index (χ0n) is 11.9. The number of carboxylic acid groups (broad SMARTS) is 1. The van der Waals surface area contributed by atoms with Crippen molar-refractivity contribution >= 4 is 27.4 Å². The first kappa shape index (κ1) is 15.6. The summed E-state index contributed by atoms with van der Waals surface area (Å²) in [6.45, 7) is 3.35. The van der Waals surface area contributed by atoms with E-state index in [2.05, 4.69) is 10.4 Å². The van der Waals surface area contributed by atoms with E-state index in [1.165, 1.54) is 0 Å². The molecular weight excluding hydrogens is 298 g/mol. The molecule has 1 aliphatic rings. The molecule has 1 fully saturated rings. The molecule has 0 amide bonds. The molecule has 0 aromatic carbocycles. The zero-order chi connectivity index (χ0) is 15.8. The normalized spacial score (nSPS) is 19.7. The highest BCUT2D eigenvalue weighted by molar-refractivity contribution is 7.91. The van der Waals surface area contributed by atoms with Crippen molar-refractivity contribution in [2.24, 2.45) is 0 Å². The van der Waals surface area contributed by atoms with Crippen LogP contribution in [0.15, 0.2) is 4.90 Å². The van der Waals surface area contributed by atoms with Crippen LogP contribution in [0, 0.1) is 0 Å². The number of nitrogens with one attached hydrogen (secondary N) is 1. The summed E-state index contributed by atoms with van der Waals surface area (Å²) in [5.41, 5.74) is 5.80. The minimum atomic E-state index is -3.61. The summed E-state index contributed by atoms with van der Waals surface area (Å²) in [7, 11) is -3.61. The second-order valence-electron chi connectivity index (χ2n) is 5.16. The minimum absolute atomic E-state index is 0.0992. The predicted molar refractivity (Wildman–Crippen MR) is 77.1 cm³/mol. The molecule has 9 nitrogen and oxygen atoms in total. The van der Waals surface area contributed by atoms with Crippen LogP contribution in [0.25, 0.3) is 0 Å². The number of aliphatic carboxylic acids is 1. The average molecular weight is 317 g/mol. The molecule has 4 N–H and O–H groups in total. The fourth-order valence-electron chi connectivity index (χ4n) is 2.38. The van der Waals surface area contributed by atoms with Crippen molar-refractivity contribution in [1.82, 2.24) is 15.1 Å². The van der Waals surface area contributed by atoms with Crippen LogP contribution < -0.4 is 16.0 Å². The third kappa shape index (κ3) is 3.27. The first-order valence-corrected chi connectivity index (χ1v) is 8.35. The van der Waals surface area contributed by atoms with E-state index < -0.39 is 22.4 Å². The molecule has 1 aliphatic heterocycles. The number of carboxylic acids is 1. The van der Waals surface area contributed by atoms with Gasteiger partial charge in [-0.2, -0.15) is 5.10 Å². The zero-order valence-corrected chi connectivity index (χ0v) is 12.7. The van der Waals surface area contributed by atoms with Gasteiger partial charge in [-0.3, -0.25) is 4.79 Å². The topological polar surface area (TPSA) is 131 Å². The molecule has 1 aromatic rings. The highest BCUT2D eigenvalue weighted by atomic mass is 32.2. The fraction of sp³-hybridized carbons (Fsp3) is 0.636. The summed E-state index contributed by atoms with van der Waals surface area (Å²) < 4.78 is 25.0. The summed E-state index contributed by atoms with van der Waals surface area (Å²) in [5, 5.41) is 16.2. The Bertz CT molecular complexity index is 654. The van der Waals surface area contributed by atoms with Gasteiger partial charge < -0.3 is 21.1 Å². The van der Waals surface area contributed by atoms with Gasteiger partial charge in [0.05, 0.1) is 0 Å². The largest absolute Gasteiger partial charge is 0.480 e. The van der Waals surface area contributed by atoms with Crippen LogP contribution in [0.5, 0.6) is 0 Å². The summed E-state index contributed by atoms with van der Waals surface area (Å²) >= 11 is 0. The molecule has 1 atom stereocenters. The molecule has 0 bridgehead atoms. The number of piperazine rings is 1. The van der Waals surface area contributed by atoms with Crippen LogP contribution in [0.3, 0.4) is 0 Å². The molecule has 1 saturated heterocycles. The molecule has 2 rings (SSSR count). The van der Waals surface area contributed by atoms with E-state index in [9.17, 15) is 13.2 Å². The Balaban J connectivity index is 2.50. The quantitative estimate of drug-likeness (QED) is 0.628. The van der Waals surface area contributed by atoms with Gasteiger partial charge in [0.2, 0.25) is 0 Å². The summed E-state index contributed by atoms with van der Waals surface area (Å²) in [6, 6.07) is 0.178. The van der Waals surface area contributed by atoms with Crippen LogP contribution in [0.4, 0.5) is 11.6 Å². The molecule has 0 spiro atoms. The first-order valence-electron chi connectivity index (χ1n) is 6.46. The Hall–Kier alpha value is -1.81. The summed E-state index contributed by atoms with van der Waals surface area (Å²) in [4.78, 5) is 12.5. The SMILES string of the molecule is C[C@H]1CN(c2nn(CC(=O)O)c(N)c2S(C)(=O)=O)CCN1. The number of sulfone groups is 1. The van der Waals surface area contributed by atoms with Gasteiger partial charge in [0.25, 0.3) is 0 Å². The number of aromatic nitrogens is 2. The Labute approximate surface area is 122 Å². The second-order valence-corrected chi connectivity index (χ2v) is 7.12. The fourth-order valence-corrected chi connectivity index (χ4v) is 3.37. The van der Waals surface area contributed by atoms with E-state index in [4.69, 9.17) is 10.8 Å². The van der Waals surface area contributed by atoms with Crippen molar-refractivity contribution in [2.45, 2.75) is 24.4 Å². The molecule has 0 unspecified atom stereocenters. The second kappa shape index (κ2) is 5.53. The van der Waals surface area contributed by atoms with Gasteiger partial charge in [0, 0.05) is 31.9 Å². The van der Waals surface area contributed by atoms with E-state index in [1.807, 2.05) is 11.8 Å².